The fourth-order valence-electron chi connectivity index (χ4n) is 3.57. The molecular weight excluding hydrogens is 320 g/mol. The Morgan fingerprint density at radius 1 is 1.32 bits per heavy atom. The fraction of sp³-hybridized carbons (Fsp3) is 0.579. The van der Waals surface area contributed by atoms with E-state index in [-0.39, 0.29) is 24.7 Å². The van der Waals surface area contributed by atoms with Crippen molar-refractivity contribution in [3.63, 3.8) is 0 Å². The predicted molar refractivity (Wildman–Crippen MR) is 93.4 cm³/mol. The van der Waals surface area contributed by atoms with Crippen LogP contribution in [0.1, 0.15) is 43.4 Å². The van der Waals surface area contributed by atoms with Crippen molar-refractivity contribution < 1.29 is 19.4 Å². The first-order valence-electron chi connectivity index (χ1n) is 8.86. The lowest BCUT2D eigenvalue weighted by atomic mass is 9.90. The van der Waals surface area contributed by atoms with Crippen LogP contribution in [0.4, 0.5) is 4.79 Å². The summed E-state index contributed by atoms with van der Waals surface area (Å²) in [7, 11) is 0. The molecule has 2 saturated heterocycles. The van der Waals surface area contributed by atoms with E-state index in [1.165, 1.54) is 5.56 Å². The number of hydrogen-bond donors (Lipinski definition) is 2. The summed E-state index contributed by atoms with van der Waals surface area (Å²) < 4.78 is 5.93. The van der Waals surface area contributed by atoms with Gasteiger partial charge < -0.3 is 20.1 Å². The number of nitrogens with one attached hydrogen (secondary N) is 1. The van der Waals surface area contributed by atoms with E-state index < -0.39 is 11.4 Å². The average Bonchev–Trinajstić information content (AvgIpc) is 3.00. The maximum atomic E-state index is 12.6. The van der Waals surface area contributed by atoms with E-state index in [2.05, 4.69) is 5.32 Å². The Labute approximate surface area is 148 Å². The van der Waals surface area contributed by atoms with E-state index in [9.17, 15) is 14.7 Å². The number of amides is 2. The Morgan fingerprint density at radius 2 is 2.04 bits per heavy atom. The number of benzene rings is 1. The minimum Gasteiger partial charge on any atom is -0.481 e. The van der Waals surface area contributed by atoms with Crippen molar-refractivity contribution in [3.05, 3.63) is 35.4 Å². The molecule has 6 heteroatoms. The summed E-state index contributed by atoms with van der Waals surface area (Å²) in [5.74, 6) is -0.846. The van der Waals surface area contributed by atoms with Gasteiger partial charge in [0.25, 0.3) is 0 Å². The van der Waals surface area contributed by atoms with Gasteiger partial charge in [-0.1, -0.05) is 29.8 Å². The second kappa shape index (κ2) is 7.04. The number of carbonyl (C=O) groups excluding carboxylic acids is 1. The lowest BCUT2D eigenvalue weighted by Crippen LogP contribution is -2.48. The lowest BCUT2D eigenvalue weighted by Gasteiger charge is -2.34. The number of hydrogen-bond acceptors (Lipinski definition) is 3. The molecule has 1 aromatic carbocycles. The third kappa shape index (κ3) is 3.79. The minimum absolute atomic E-state index is 0.0966. The van der Waals surface area contributed by atoms with Gasteiger partial charge in [0.05, 0.1) is 11.5 Å². The third-order valence-corrected chi connectivity index (χ3v) is 5.31. The van der Waals surface area contributed by atoms with Crippen LogP contribution in [0, 0.1) is 12.3 Å². The molecule has 3 unspecified atom stereocenters. The van der Waals surface area contributed by atoms with Crippen LogP contribution in [0.3, 0.4) is 0 Å². The van der Waals surface area contributed by atoms with E-state index in [0.717, 1.165) is 18.4 Å². The highest BCUT2D eigenvalue weighted by molar-refractivity contribution is 5.79. The van der Waals surface area contributed by atoms with Crippen molar-refractivity contribution in [3.8, 4) is 0 Å². The number of urea groups is 1. The molecule has 0 saturated carbocycles. The van der Waals surface area contributed by atoms with Gasteiger partial charge in [-0.25, -0.2) is 4.79 Å². The zero-order valence-electron chi connectivity index (χ0n) is 14.8. The quantitative estimate of drug-likeness (QED) is 0.882. The van der Waals surface area contributed by atoms with Crippen LogP contribution in [0.2, 0.25) is 0 Å². The van der Waals surface area contributed by atoms with Gasteiger partial charge in [-0.05, 0) is 38.7 Å². The molecule has 2 fully saturated rings. The highest BCUT2D eigenvalue weighted by atomic mass is 16.5. The van der Waals surface area contributed by atoms with Gasteiger partial charge >= 0.3 is 12.0 Å². The van der Waals surface area contributed by atoms with Gasteiger partial charge in [-0.2, -0.15) is 0 Å². The molecule has 136 valence electrons. The van der Waals surface area contributed by atoms with E-state index in [0.29, 0.717) is 19.6 Å². The topological polar surface area (TPSA) is 78.9 Å². The van der Waals surface area contributed by atoms with Crippen LogP contribution in [-0.2, 0) is 9.53 Å². The van der Waals surface area contributed by atoms with Gasteiger partial charge in [-0.15, -0.1) is 0 Å². The standard InChI is InChI=1S/C19H26N2O4/c1-13-5-7-14(8-6-13)16-15(4-3-11-25-16)20-18(24)21-10-9-19(2,12-21)17(22)23/h5-8,15-16H,3-4,9-12H2,1-2H3,(H,20,24)(H,22,23). The zero-order valence-corrected chi connectivity index (χ0v) is 14.8. The first-order chi connectivity index (χ1) is 11.9. The van der Waals surface area contributed by atoms with Crippen molar-refractivity contribution in [1.29, 1.82) is 0 Å². The minimum atomic E-state index is -0.850. The number of ether oxygens (including phenoxy) is 1. The number of nitrogens with zero attached hydrogens (tertiary/aromatic N) is 1. The Balaban J connectivity index is 1.67. The van der Waals surface area contributed by atoms with Crippen LogP contribution in [0.25, 0.3) is 0 Å². The van der Waals surface area contributed by atoms with Gasteiger partial charge in [0.15, 0.2) is 0 Å². The number of carboxylic acids is 1. The largest absolute Gasteiger partial charge is 0.481 e. The Morgan fingerprint density at radius 3 is 2.68 bits per heavy atom. The van der Waals surface area contributed by atoms with E-state index in [1.807, 2.05) is 31.2 Å². The summed E-state index contributed by atoms with van der Waals surface area (Å²) in [5, 5.41) is 12.4. The van der Waals surface area contributed by atoms with Gasteiger partial charge in [0.2, 0.25) is 0 Å². The highest BCUT2D eigenvalue weighted by Crippen LogP contribution is 2.32. The molecule has 3 rings (SSSR count). The monoisotopic (exact) mass is 346 g/mol. The van der Waals surface area contributed by atoms with Crippen molar-refractivity contribution in [2.75, 3.05) is 19.7 Å². The van der Waals surface area contributed by atoms with Gasteiger partial charge in [0.1, 0.15) is 6.10 Å². The number of likely N-dealkylation sites (tertiary alicyclic amines) is 1. The Hall–Kier alpha value is -2.08. The second-order valence-corrected chi connectivity index (χ2v) is 7.44. The zero-order chi connectivity index (χ0) is 18.0. The number of aryl methyl sites for hydroxylation is 1. The molecule has 3 atom stereocenters. The molecule has 0 aromatic heterocycles. The summed E-state index contributed by atoms with van der Waals surface area (Å²) in [6.45, 7) is 5.14. The number of rotatable bonds is 3. The van der Waals surface area contributed by atoms with Crippen molar-refractivity contribution in [2.24, 2.45) is 5.41 Å². The molecular formula is C19H26N2O4. The summed E-state index contributed by atoms with van der Waals surface area (Å²) in [4.78, 5) is 25.6. The summed E-state index contributed by atoms with van der Waals surface area (Å²) in [6, 6.07) is 7.89. The maximum absolute atomic E-state index is 12.6. The molecule has 25 heavy (non-hydrogen) atoms. The molecule has 0 aliphatic carbocycles. The van der Waals surface area contributed by atoms with Crippen molar-refractivity contribution >= 4 is 12.0 Å². The molecule has 2 amide bonds. The van der Waals surface area contributed by atoms with Crippen LogP contribution in [-0.4, -0.2) is 47.7 Å². The van der Waals surface area contributed by atoms with Crippen LogP contribution >= 0.6 is 0 Å². The molecule has 2 aliphatic rings. The van der Waals surface area contributed by atoms with E-state index >= 15 is 0 Å². The van der Waals surface area contributed by atoms with Crippen molar-refractivity contribution in [2.45, 2.75) is 45.3 Å². The summed E-state index contributed by atoms with van der Waals surface area (Å²) >= 11 is 0. The molecule has 0 bridgehead atoms. The van der Waals surface area contributed by atoms with Gasteiger partial charge in [-0.3, -0.25) is 4.79 Å². The van der Waals surface area contributed by atoms with E-state index in [1.54, 1.807) is 11.8 Å². The highest BCUT2D eigenvalue weighted by Gasteiger charge is 2.42. The second-order valence-electron chi connectivity index (χ2n) is 7.44. The third-order valence-electron chi connectivity index (χ3n) is 5.31. The first-order valence-corrected chi connectivity index (χ1v) is 8.86. The van der Waals surface area contributed by atoms with E-state index in [4.69, 9.17) is 4.74 Å². The molecule has 2 heterocycles. The summed E-state index contributed by atoms with van der Waals surface area (Å²) in [5.41, 5.74) is 1.40. The molecule has 6 nitrogen and oxygen atoms in total. The Bertz CT molecular complexity index is 645. The van der Waals surface area contributed by atoms with Crippen LogP contribution in [0.5, 0.6) is 0 Å². The first kappa shape index (κ1) is 17.7. The number of carbonyl (C=O) groups is 2. The predicted octanol–water partition coefficient (Wildman–Crippen LogP) is 2.72. The molecule has 2 aliphatic heterocycles. The average molecular weight is 346 g/mol. The summed E-state index contributed by atoms with van der Waals surface area (Å²) in [6.07, 6.45) is 2.08. The fourth-order valence-corrected chi connectivity index (χ4v) is 3.57. The molecule has 2 N–H and O–H groups in total. The molecule has 0 radical (unpaired) electrons. The lowest BCUT2D eigenvalue weighted by molar-refractivity contribution is -0.147. The van der Waals surface area contributed by atoms with Crippen LogP contribution < -0.4 is 5.32 Å². The number of aliphatic carboxylic acids is 1. The molecule has 0 spiro atoms. The SMILES string of the molecule is Cc1ccc(C2OCCCC2NC(=O)N2CCC(C)(C(=O)O)C2)cc1. The van der Waals surface area contributed by atoms with Crippen LogP contribution in [0.15, 0.2) is 24.3 Å². The normalized spacial score (nSPS) is 29.4. The number of carboxylic acid groups (broad SMARTS) is 1. The molecule has 1 aromatic rings. The maximum Gasteiger partial charge on any atom is 0.317 e. The smallest absolute Gasteiger partial charge is 0.317 e. The van der Waals surface area contributed by atoms with Gasteiger partial charge in [0, 0.05) is 19.7 Å². The van der Waals surface area contributed by atoms with Crippen molar-refractivity contribution in [1.82, 2.24) is 10.2 Å². The Kier molecular flexibility index (Phi) is 4.99.